The molecule has 0 unspecified atom stereocenters. The Morgan fingerprint density at radius 3 is 2.79 bits per heavy atom. The topological polar surface area (TPSA) is 89.2 Å². The van der Waals surface area contributed by atoms with Crippen LogP contribution < -0.4 is 4.72 Å². The molecule has 0 fully saturated rings. The third-order valence-electron chi connectivity index (χ3n) is 4.56. The minimum atomic E-state index is -3.81. The molecule has 9 heteroatoms. The van der Waals surface area contributed by atoms with Gasteiger partial charge in [0.15, 0.2) is 0 Å². The molecule has 2 aromatic carbocycles. The Morgan fingerprint density at radius 2 is 1.90 bits per heavy atom. The number of nitrogens with zero attached hydrogens (tertiary/aromatic N) is 4. The lowest BCUT2D eigenvalue weighted by molar-refractivity contribution is 0.602. The highest BCUT2D eigenvalue weighted by Gasteiger charge is 2.20. The predicted octanol–water partition coefficient (Wildman–Crippen LogP) is 4.12. The van der Waals surface area contributed by atoms with Crippen LogP contribution in [0, 0.1) is 6.92 Å². The average Bonchev–Trinajstić information content (AvgIpc) is 3.34. The first kappa shape index (κ1) is 17.8. The molecule has 0 spiro atoms. The summed E-state index contributed by atoms with van der Waals surface area (Å²) in [6, 6.07) is 16.1. The Morgan fingerprint density at radius 1 is 1.03 bits per heavy atom. The van der Waals surface area contributed by atoms with Gasteiger partial charge in [0.25, 0.3) is 10.0 Å². The van der Waals surface area contributed by atoms with Crippen molar-refractivity contribution in [3.63, 3.8) is 0 Å². The van der Waals surface area contributed by atoms with Crippen molar-refractivity contribution in [3.8, 4) is 11.3 Å². The van der Waals surface area contributed by atoms with Crippen LogP contribution >= 0.6 is 11.7 Å². The van der Waals surface area contributed by atoms with Crippen LogP contribution in [-0.4, -0.2) is 26.5 Å². The van der Waals surface area contributed by atoms with Gasteiger partial charge >= 0.3 is 0 Å². The van der Waals surface area contributed by atoms with E-state index in [1.807, 2.05) is 41.9 Å². The Labute approximate surface area is 171 Å². The zero-order chi connectivity index (χ0) is 20.0. The number of sulfonamides is 1. The number of anilines is 1. The third-order valence-corrected chi connectivity index (χ3v) is 6.52. The van der Waals surface area contributed by atoms with Crippen molar-refractivity contribution in [2.45, 2.75) is 11.8 Å². The standard InChI is InChI=1S/C20H15N5O2S2/c1-13-8-9-25-12-17(21-19(25)10-13)14-4-2-5-15(11-14)24-29(26,27)18-7-3-6-16-20(18)23-28-22-16/h2-12,24H,1H3. The van der Waals surface area contributed by atoms with Crippen molar-refractivity contribution in [3.05, 3.63) is 72.6 Å². The van der Waals surface area contributed by atoms with Crippen LogP contribution in [0.25, 0.3) is 27.9 Å². The quantitative estimate of drug-likeness (QED) is 0.472. The number of hydrogen-bond acceptors (Lipinski definition) is 6. The number of aryl methyl sites for hydroxylation is 1. The number of benzene rings is 2. The van der Waals surface area contributed by atoms with Gasteiger partial charge in [-0.1, -0.05) is 18.2 Å². The van der Waals surface area contributed by atoms with E-state index in [1.165, 1.54) is 6.07 Å². The number of rotatable bonds is 4. The minimum absolute atomic E-state index is 0.109. The molecule has 1 N–H and O–H groups in total. The first-order valence-electron chi connectivity index (χ1n) is 8.79. The summed E-state index contributed by atoms with van der Waals surface area (Å²) < 4.78 is 38.7. The molecule has 0 bridgehead atoms. The average molecular weight is 422 g/mol. The van der Waals surface area contributed by atoms with E-state index in [0.29, 0.717) is 16.7 Å². The molecular formula is C20H15N5O2S2. The molecule has 3 aromatic heterocycles. The van der Waals surface area contributed by atoms with Crippen LogP contribution in [0.15, 0.2) is 71.9 Å². The third kappa shape index (κ3) is 3.24. The minimum Gasteiger partial charge on any atom is -0.306 e. The molecule has 29 heavy (non-hydrogen) atoms. The number of nitrogens with one attached hydrogen (secondary N) is 1. The molecule has 0 atom stereocenters. The summed E-state index contributed by atoms with van der Waals surface area (Å²) in [4.78, 5) is 4.75. The Bertz CT molecular complexity index is 1470. The van der Waals surface area contributed by atoms with Gasteiger partial charge in [-0.2, -0.15) is 8.75 Å². The fourth-order valence-corrected chi connectivity index (χ4v) is 4.99. The maximum atomic E-state index is 12.9. The second kappa shape index (κ2) is 6.64. The molecule has 0 radical (unpaired) electrons. The normalized spacial score (nSPS) is 11.9. The first-order valence-corrected chi connectivity index (χ1v) is 11.0. The van der Waals surface area contributed by atoms with Crippen molar-refractivity contribution < 1.29 is 8.42 Å². The van der Waals surface area contributed by atoms with Crippen LogP contribution in [0.2, 0.25) is 0 Å². The monoisotopic (exact) mass is 421 g/mol. The molecule has 3 heterocycles. The molecule has 0 aliphatic carbocycles. The maximum Gasteiger partial charge on any atom is 0.264 e. The Balaban J connectivity index is 1.51. The number of fused-ring (bicyclic) bond motifs is 2. The summed E-state index contributed by atoms with van der Waals surface area (Å²) in [6.45, 7) is 2.02. The van der Waals surface area contributed by atoms with Gasteiger partial charge in [-0.05, 0) is 48.9 Å². The van der Waals surface area contributed by atoms with Gasteiger partial charge in [0.1, 0.15) is 21.6 Å². The van der Waals surface area contributed by atoms with Crippen LogP contribution in [0.1, 0.15) is 5.56 Å². The number of pyridine rings is 1. The smallest absolute Gasteiger partial charge is 0.264 e. The largest absolute Gasteiger partial charge is 0.306 e. The second-order valence-corrected chi connectivity index (χ2v) is 8.85. The summed E-state index contributed by atoms with van der Waals surface area (Å²) >= 11 is 0.989. The Hall–Kier alpha value is -3.30. The summed E-state index contributed by atoms with van der Waals surface area (Å²) in [5.74, 6) is 0. The number of aromatic nitrogens is 4. The zero-order valence-electron chi connectivity index (χ0n) is 15.3. The van der Waals surface area contributed by atoms with E-state index in [0.717, 1.165) is 34.2 Å². The van der Waals surface area contributed by atoms with E-state index in [-0.39, 0.29) is 4.90 Å². The van der Waals surface area contributed by atoms with E-state index < -0.39 is 10.0 Å². The number of imidazole rings is 1. The molecule has 5 aromatic rings. The molecule has 0 amide bonds. The van der Waals surface area contributed by atoms with Crippen molar-refractivity contribution >= 4 is 44.1 Å². The van der Waals surface area contributed by atoms with Gasteiger partial charge in [-0.25, -0.2) is 13.4 Å². The molecule has 0 saturated heterocycles. The molecule has 144 valence electrons. The highest BCUT2D eigenvalue weighted by atomic mass is 32.2. The number of hydrogen-bond donors (Lipinski definition) is 1. The lowest BCUT2D eigenvalue weighted by Gasteiger charge is -2.09. The van der Waals surface area contributed by atoms with Crippen molar-refractivity contribution in [2.24, 2.45) is 0 Å². The summed E-state index contributed by atoms with van der Waals surface area (Å²) in [5.41, 5.74) is 4.94. The summed E-state index contributed by atoms with van der Waals surface area (Å²) in [5, 5.41) is 0. The molecule has 0 aliphatic rings. The molecule has 0 aliphatic heterocycles. The zero-order valence-corrected chi connectivity index (χ0v) is 16.9. The fraction of sp³-hybridized carbons (Fsp3) is 0.0500. The maximum absolute atomic E-state index is 12.9. The lowest BCUT2D eigenvalue weighted by Crippen LogP contribution is -2.13. The molecular weight excluding hydrogens is 406 g/mol. The van der Waals surface area contributed by atoms with E-state index in [4.69, 9.17) is 0 Å². The second-order valence-electron chi connectivity index (χ2n) is 6.67. The van der Waals surface area contributed by atoms with Gasteiger partial charge in [0, 0.05) is 23.6 Å². The van der Waals surface area contributed by atoms with Crippen molar-refractivity contribution in [2.75, 3.05) is 4.72 Å². The highest BCUT2D eigenvalue weighted by Crippen LogP contribution is 2.26. The van der Waals surface area contributed by atoms with Crippen LogP contribution in [-0.2, 0) is 10.0 Å². The predicted molar refractivity (Wildman–Crippen MR) is 114 cm³/mol. The van der Waals surface area contributed by atoms with E-state index in [2.05, 4.69) is 18.5 Å². The fourth-order valence-electron chi connectivity index (χ4n) is 3.17. The van der Waals surface area contributed by atoms with Gasteiger partial charge in [-0.15, -0.1) is 0 Å². The summed E-state index contributed by atoms with van der Waals surface area (Å²) in [6.07, 6.45) is 3.88. The van der Waals surface area contributed by atoms with E-state index in [1.54, 1.807) is 30.3 Å². The van der Waals surface area contributed by atoms with Gasteiger partial charge in [0.05, 0.1) is 17.4 Å². The SMILES string of the molecule is Cc1ccn2cc(-c3cccc(NS(=O)(=O)c4cccc5nsnc45)c3)nc2c1. The molecule has 7 nitrogen and oxygen atoms in total. The van der Waals surface area contributed by atoms with Gasteiger partial charge in [0.2, 0.25) is 0 Å². The van der Waals surface area contributed by atoms with Crippen LogP contribution in [0.4, 0.5) is 5.69 Å². The molecule has 5 rings (SSSR count). The van der Waals surface area contributed by atoms with Crippen LogP contribution in [0.3, 0.4) is 0 Å². The summed E-state index contributed by atoms with van der Waals surface area (Å²) in [7, 11) is -3.81. The van der Waals surface area contributed by atoms with Gasteiger partial charge < -0.3 is 4.40 Å². The van der Waals surface area contributed by atoms with E-state index in [9.17, 15) is 8.42 Å². The van der Waals surface area contributed by atoms with Crippen LogP contribution in [0.5, 0.6) is 0 Å². The van der Waals surface area contributed by atoms with E-state index >= 15 is 0 Å². The molecule has 0 saturated carbocycles. The van der Waals surface area contributed by atoms with Crippen molar-refractivity contribution in [1.29, 1.82) is 0 Å². The van der Waals surface area contributed by atoms with Crippen molar-refractivity contribution in [1.82, 2.24) is 18.1 Å². The lowest BCUT2D eigenvalue weighted by atomic mass is 10.1. The highest BCUT2D eigenvalue weighted by molar-refractivity contribution is 7.93. The van der Waals surface area contributed by atoms with Gasteiger partial charge in [-0.3, -0.25) is 4.72 Å². The first-order chi connectivity index (χ1) is 14.0. The Kier molecular flexibility index (Phi) is 4.07.